The van der Waals surface area contributed by atoms with Crippen LogP contribution in [0.5, 0.6) is 17.2 Å². The molecular weight excluding hydrogens is 635 g/mol. The maximum atomic E-state index is 7.46. The van der Waals surface area contributed by atoms with E-state index in [9.17, 15) is 0 Å². The van der Waals surface area contributed by atoms with Gasteiger partial charge in [-0.2, -0.15) is 0 Å². The van der Waals surface area contributed by atoms with Gasteiger partial charge in [0.1, 0.15) is 23.0 Å². The molecule has 10 rings (SSSR count). The van der Waals surface area contributed by atoms with E-state index in [4.69, 9.17) is 9.47 Å². The zero-order valence-corrected chi connectivity index (χ0v) is 28.7. The van der Waals surface area contributed by atoms with Gasteiger partial charge in [-0.15, -0.1) is 0 Å². The molecule has 2 heterocycles. The zero-order chi connectivity index (χ0) is 34.5. The van der Waals surface area contributed by atoms with Crippen LogP contribution < -0.4 is 14.8 Å². The quantitative estimate of drug-likeness (QED) is 0.198. The Hall–Kier alpha value is -6.32. The van der Waals surface area contributed by atoms with Crippen molar-refractivity contribution in [1.29, 1.82) is 0 Å². The van der Waals surface area contributed by atoms with Crippen molar-refractivity contribution in [3.63, 3.8) is 0 Å². The topological polar surface area (TPSA) is 30.5 Å². The predicted octanol–water partition coefficient (Wildman–Crippen LogP) is 12.2. The summed E-state index contributed by atoms with van der Waals surface area (Å²) in [5.74, 6) is 3.83. The fourth-order valence-corrected chi connectivity index (χ4v) is 9.03. The molecule has 2 aliphatic heterocycles. The number of ether oxygens (including phenoxy) is 2. The van der Waals surface area contributed by atoms with E-state index in [2.05, 4.69) is 187 Å². The Kier molecular flexibility index (Phi) is 7.31. The van der Waals surface area contributed by atoms with Gasteiger partial charge in [-0.3, -0.25) is 0 Å². The zero-order valence-electron chi connectivity index (χ0n) is 28.7. The summed E-state index contributed by atoms with van der Waals surface area (Å²) < 4.78 is 14.2. The molecule has 1 spiro atoms. The lowest BCUT2D eigenvalue weighted by Gasteiger charge is -2.50. The van der Waals surface area contributed by atoms with Crippen LogP contribution in [-0.2, 0) is 5.41 Å². The summed E-state index contributed by atoms with van der Waals surface area (Å²) in [6.07, 6.45) is 12.8. The highest BCUT2D eigenvalue weighted by Crippen LogP contribution is 2.64. The molecule has 4 aliphatic rings. The number of para-hydroxylation sites is 4. The molecule has 250 valence electrons. The number of rotatable bonds is 5. The first kappa shape index (κ1) is 30.5. The largest absolute Gasteiger partial charge is 0.461 e. The average Bonchev–Trinajstić information content (AvgIpc) is 3.21. The molecule has 3 atom stereocenters. The molecule has 0 saturated heterocycles. The molecule has 2 aliphatic carbocycles. The number of fused-ring (bicyclic) bond motifs is 8. The van der Waals surface area contributed by atoms with Crippen LogP contribution in [0.2, 0.25) is 0 Å². The number of anilines is 1. The van der Waals surface area contributed by atoms with Crippen LogP contribution in [0.4, 0.5) is 5.69 Å². The first-order valence-corrected chi connectivity index (χ1v) is 18.2. The third kappa shape index (κ3) is 4.73. The summed E-state index contributed by atoms with van der Waals surface area (Å²) in [5.41, 5.74) is 11.0. The van der Waals surface area contributed by atoms with E-state index in [0.29, 0.717) is 0 Å². The Morgan fingerprint density at radius 3 is 2.04 bits per heavy atom. The van der Waals surface area contributed by atoms with Gasteiger partial charge in [0.25, 0.3) is 0 Å². The van der Waals surface area contributed by atoms with Gasteiger partial charge in [0, 0.05) is 51.0 Å². The van der Waals surface area contributed by atoms with Crippen LogP contribution in [0, 0.1) is 5.92 Å². The second-order valence-electron chi connectivity index (χ2n) is 13.9. The molecule has 52 heavy (non-hydrogen) atoms. The standard InChI is InChI=1S/C49H37NO2/c1-4-17-33(18-5-1)36-23-14-28-41-47(36)52-48-38(37-24-16-30-43(50-35-21-8-3-9-22-35)46(37)34-19-6-2-7-20-34)25-15-29-42(48)49(41)39-26-10-12-31-44(39)51-45-32-13-11-27-40(45)49/h1-23,25-26,28-32,37,40,50H,24,27H2. The van der Waals surface area contributed by atoms with Gasteiger partial charge < -0.3 is 14.8 Å². The fourth-order valence-electron chi connectivity index (χ4n) is 9.03. The SMILES string of the molecule is C1=CCC2C(=C1)Oc1ccccc1C21c2cccc(-c3ccccc3)c2Oc2c(C3CC=CC(Nc4ccccc4)=C3c3ccccc3)cccc21. The summed E-state index contributed by atoms with van der Waals surface area (Å²) in [6, 6.07) is 54.1. The Labute approximate surface area is 304 Å². The maximum absolute atomic E-state index is 7.46. The van der Waals surface area contributed by atoms with Gasteiger partial charge in [0.15, 0.2) is 0 Å². The maximum Gasteiger partial charge on any atom is 0.139 e. The van der Waals surface area contributed by atoms with Crippen LogP contribution in [0.1, 0.15) is 46.6 Å². The average molecular weight is 672 g/mol. The molecule has 0 fully saturated rings. The second kappa shape index (κ2) is 12.5. The molecule has 3 heteroatoms. The van der Waals surface area contributed by atoms with Crippen molar-refractivity contribution in [2.45, 2.75) is 24.2 Å². The van der Waals surface area contributed by atoms with E-state index in [1.54, 1.807) is 0 Å². The highest BCUT2D eigenvalue weighted by atomic mass is 16.5. The summed E-state index contributed by atoms with van der Waals surface area (Å²) in [6.45, 7) is 0. The smallest absolute Gasteiger partial charge is 0.139 e. The number of benzene rings is 6. The van der Waals surface area contributed by atoms with Crippen molar-refractivity contribution in [2.24, 2.45) is 5.92 Å². The van der Waals surface area contributed by atoms with Crippen molar-refractivity contribution >= 4 is 11.3 Å². The minimum Gasteiger partial charge on any atom is -0.461 e. The van der Waals surface area contributed by atoms with Crippen molar-refractivity contribution < 1.29 is 9.47 Å². The molecule has 3 unspecified atom stereocenters. The van der Waals surface area contributed by atoms with E-state index in [1.807, 2.05) is 0 Å². The molecular formula is C49H37NO2. The van der Waals surface area contributed by atoms with E-state index in [1.165, 1.54) is 33.4 Å². The lowest BCUT2D eigenvalue weighted by atomic mass is 9.56. The third-order valence-electron chi connectivity index (χ3n) is 11.2. The molecule has 0 aromatic heterocycles. The van der Waals surface area contributed by atoms with E-state index in [-0.39, 0.29) is 11.8 Å². The highest BCUT2D eigenvalue weighted by molar-refractivity contribution is 5.84. The first-order valence-electron chi connectivity index (χ1n) is 18.2. The van der Waals surface area contributed by atoms with E-state index >= 15 is 0 Å². The molecule has 0 saturated carbocycles. The van der Waals surface area contributed by atoms with Gasteiger partial charge in [0.2, 0.25) is 0 Å². The van der Waals surface area contributed by atoms with Crippen LogP contribution >= 0.6 is 0 Å². The van der Waals surface area contributed by atoms with Gasteiger partial charge in [-0.1, -0.05) is 152 Å². The lowest BCUT2D eigenvalue weighted by Crippen LogP contribution is -2.45. The first-order chi connectivity index (χ1) is 25.8. The second-order valence-corrected chi connectivity index (χ2v) is 13.9. The molecule has 6 aromatic carbocycles. The van der Waals surface area contributed by atoms with Crippen LogP contribution in [-0.4, -0.2) is 0 Å². The predicted molar refractivity (Wildman–Crippen MR) is 211 cm³/mol. The van der Waals surface area contributed by atoms with Gasteiger partial charge in [-0.25, -0.2) is 0 Å². The molecule has 0 amide bonds. The monoisotopic (exact) mass is 671 g/mol. The Bertz CT molecular complexity index is 2440. The molecule has 1 N–H and O–H groups in total. The highest BCUT2D eigenvalue weighted by Gasteiger charge is 2.55. The number of hydrogen-bond acceptors (Lipinski definition) is 3. The molecule has 0 radical (unpaired) electrons. The number of nitrogens with one attached hydrogen (secondary N) is 1. The molecule has 3 nitrogen and oxygen atoms in total. The lowest BCUT2D eigenvalue weighted by molar-refractivity contribution is 0.237. The van der Waals surface area contributed by atoms with Gasteiger partial charge in [0.05, 0.1) is 5.41 Å². The van der Waals surface area contributed by atoms with Gasteiger partial charge >= 0.3 is 0 Å². The van der Waals surface area contributed by atoms with Crippen molar-refractivity contribution in [3.05, 3.63) is 221 Å². The summed E-state index contributed by atoms with van der Waals surface area (Å²) in [5, 5.41) is 3.78. The summed E-state index contributed by atoms with van der Waals surface area (Å²) in [4.78, 5) is 0. The summed E-state index contributed by atoms with van der Waals surface area (Å²) >= 11 is 0. The Balaban J connectivity index is 1.26. The van der Waals surface area contributed by atoms with Crippen LogP contribution in [0.15, 0.2) is 193 Å². The normalized spacial score (nSPS) is 20.8. The van der Waals surface area contributed by atoms with Gasteiger partial charge in [-0.05, 0) is 59.9 Å². The summed E-state index contributed by atoms with van der Waals surface area (Å²) in [7, 11) is 0. The van der Waals surface area contributed by atoms with Crippen LogP contribution in [0.25, 0.3) is 16.7 Å². The molecule has 0 bridgehead atoms. The Morgan fingerprint density at radius 1 is 0.558 bits per heavy atom. The van der Waals surface area contributed by atoms with Crippen molar-refractivity contribution in [2.75, 3.05) is 5.32 Å². The minimum absolute atomic E-state index is 0.0346. The third-order valence-corrected chi connectivity index (χ3v) is 11.2. The van der Waals surface area contributed by atoms with Crippen LogP contribution in [0.3, 0.4) is 0 Å². The minimum atomic E-state index is -0.554. The van der Waals surface area contributed by atoms with E-state index < -0.39 is 5.41 Å². The Morgan fingerprint density at radius 2 is 1.23 bits per heavy atom. The fraction of sp³-hybridized carbons (Fsp3) is 0.102. The van der Waals surface area contributed by atoms with Crippen molar-refractivity contribution in [3.8, 4) is 28.4 Å². The van der Waals surface area contributed by atoms with Crippen molar-refractivity contribution in [1.82, 2.24) is 0 Å². The number of hydrogen-bond donors (Lipinski definition) is 1. The number of allylic oxidation sites excluding steroid dienone is 7. The van der Waals surface area contributed by atoms with E-state index in [0.717, 1.165) is 58.4 Å². The molecule has 6 aromatic rings.